The molecule has 0 radical (unpaired) electrons. The SMILES string of the molecule is COCC(=O)Nc1ccc(N)c2ncccc12. The van der Waals surface area contributed by atoms with Gasteiger partial charge in [0.15, 0.2) is 0 Å². The van der Waals surface area contributed by atoms with Crippen molar-refractivity contribution in [3.8, 4) is 0 Å². The Bertz CT molecular complexity index is 554. The van der Waals surface area contributed by atoms with Gasteiger partial charge in [0.05, 0.1) is 16.9 Å². The molecule has 0 saturated carbocycles. The molecule has 5 nitrogen and oxygen atoms in total. The Labute approximate surface area is 98.6 Å². The molecule has 1 aromatic carbocycles. The van der Waals surface area contributed by atoms with Gasteiger partial charge in [0, 0.05) is 18.7 Å². The number of aromatic nitrogens is 1. The van der Waals surface area contributed by atoms with E-state index in [1.807, 2.05) is 6.07 Å². The number of pyridine rings is 1. The van der Waals surface area contributed by atoms with Gasteiger partial charge in [-0.2, -0.15) is 0 Å². The third-order valence-corrected chi connectivity index (χ3v) is 2.35. The summed E-state index contributed by atoms with van der Waals surface area (Å²) in [4.78, 5) is 15.6. The number of nitrogens with two attached hydrogens (primary N) is 1. The van der Waals surface area contributed by atoms with Crippen LogP contribution in [0.3, 0.4) is 0 Å². The van der Waals surface area contributed by atoms with Crippen molar-refractivity contribution in [1.29, 1.82) is 0 Å². The van der Waals surface area contributed by atoms with Gasteiger partial charge < -0.3 is 15.8 Å². The van der Waals surface area contributed by atoms with Gasteiger partial charge in [-0.25, -0.2) is 0 Å². The molecule has 88 valence electrons. The minimum Gasteiger partial charge on any atom is -0.397 e. The van der Waals surface area contributed by atoms with Crippen LogP contribution in [0.4, 0.5) is 11.4 Å². The molecule has 0 unspecified atom stereocenters. The molecule has 0 aliphatic carbocycles. The minimum atomic E-state index is -0.206. The first kappa shape index (κ1) is 11.3. The van der Waals surface area contributed by atoms with Crippen LogP contribution in [0, 0.1) is 0 Å². The summed E-state index contributed by atoms with van der Waals surface area (Å²) in [5, 5.41) is 3.57. The van der Waals surface area contributed by atoms with E-state index in [-0.39, 0.29) is 12.5 Å². The van der Waals surface area contributed by atoms with Crippen LogP contribution in [0.1, 0.15) is 0 Å². The molecular formula is C12H13N3O2. The van der Waals surface area contributed by atoms with Crippen molar-refractivity contribution in [3.63, 3.8) is 0 Å². The zero-order valence-corrected chi connectivity index (χ0v) is 9.43. The molecule has 3 N–H and O–H groups in total. The summed E-state index contributed by atoms with van der Waals surface area (Å²) in [6, 6.07) is 7.14. The van der Waals surface area contributed by atoms with Crippen LogP contribution in [-0.4, -0.2) is 24.6 Å². The third-order valence-electron chi connectivity index (χ3n) is 2.35. The normalized spacial score (nSPS) is 10.4. The molecule has 0 saturated heterocycles. The molecule has 5 heteroatoms. The lowest BCUT2D eigenvalue weighted by molar-refractivity contribution is -0.119. The Balaban J connectivity index is 2.41. The number of nitrogens with one attached hydrogen (secondary N) is 1. The van der Waals surface area contributed by atoms with Gasteiger partial charge in [-0.1, -0.05) is 0 Å². The van der Waals surface area contributed by atoms with E-state index in [1.54, 1.807) is 24.4 Å². The highest BCUT2D eigenvalue weighted by Crippen LogP contribution is 2.26. The lowest BCUT2D eigenvalue weighted by atomic mass is 10.1. The summed E-state index contributed by atoms with van der Waals surface area (Å²) in [7, 11) is 1.47. The van der Waals surface area contributed by atoms with E-state index in [9.17, 15) is 4.79 Å². The quantitative estimate of drug-likeness (QED) is 0.783. The summed E-state index contributed by atoms with van der Waals surface area (Å²) in [6.07, 6.45) is 1.67. The molecule has 1 aromatic heterocycles. The zero-order chi connectivity index (χ0) is 12.3. The largest absolute Gasteiger partial charge is 0.397 e. The summed E-state index contributed by atoms with van der Waals surface area (Å²) in [6.45, 7) is 0.0200. The number of nitrogens with zero attached hydrogens (tertiary/aromatic N) is 1. The highest BCUT2D eigenvalue weighted by Gasteiger charge is 2.07. The summed E-state index contributed by atoms with van der Waals surface area (Å²) in [5.74, 6) is -0.206. The van der Waals surface area contributed by atoms with Crippen LogP contribution < -0.4 is 11.1 Å². The molecule has 0 fully saturated rings. The fourth-order valence-corrected chi connectivity index (χ4v) is 1.62. The van der Waals surface area contributed by atoms with Crippen LogP contribution in [0.2, 0.25) is 0 Å². The second kappa shape index (κ2) is 4.80. The van der Waals surface area contributed by atoms with Gasteiger partial charge in [-0.05, 0) is 24.3 Å². The Morgan fingerprint density at radius 3 is 3.06 bits per heavy atom. The minimum absolute atomic E-state index is 0.0200. The molecule has 1 heterocycles. The highest BCUT2D eigenvalue weighted by molar-refractivity contribution is 6.04. The molecule has 2 aromatic rings. The molecule has 0 atom stereocenters. The topological polar surface area (TPSA) is 77.2 Å². The summed E-state index contributed by atoms with van der Waals surface area (Å²) in [5.41, 5.74) is 7.77. The third kappa shape index (κ3) is 2.34. The van der Waals surface area contributed by atoms with Crippen LogP contribution in [-0.2, 0) is 9.53 Å². The van der Waals surface area contributed by atoms with Crippen LogP contribution in [0.5, 0.6) is 0 Å². The number of amides is 1. The number of carbonyl (C=O) groups excluding carboxylic acids is 1. The molecule has 0 bridgehead atoms. The molecular weight excluding hydrogens is 218 g/mol. The first-order valence-electron chi connectivity index (χ1n) is 5.14. The Morgan fingerprint density at radius 2 is 2.29 bits per heavy atom. The monoisotopic (exact) mass is 231 g/mol. The highest BCUT2D eigenvalue weighted by atomic mass is 16.5. The van der Waals surface area contributed by atoms with Gasteiger partial charge in [0.2, 0.25) is 5.91 Å². The number of nitrogen functional groups attached to an aromatic ring is 1. The number of fused-ring (bicyclic) bond motifs is 1. The van der Waals surface area contributed by atoms with Gasteiger partial charge >= 0.3 is 0 Å². The van der Waals surface area contributed by atoms with E-state index < -0.39 is 0 Å². The average Bonchev–Trinajstić information content (AvgIpc) is 2.34. The molecule has 0 spiro atoms. The van der Waals surface area contributed by atoms with E-state index in [4.69, 9.17) is 10.5 Å². The molecule has 0 aliphatic heterocycles. The number of rotatable bonds is 3. The van der Waals surface area contributed by atoms with Gasteiger partial charge in [0.25, 0.3) is 0 Å². The average molecular weight is 231 g/mol. The molecule has 17 heavy (non-hydrogen) atoms. The fourth-order valence-electron chi connectivity index (χ4n) is 1.62. The van der Waals surface area contributed by atoms with E-state index in [1.165, 1.54) is 7.11 Å². The number of ether oxygens (including phenoxy) is 1. The van der Waals surface area contributed by atoms with Gasteiger partial charge in [0.1, 0.15) is 6.61 Å². The maximum atomic E-state index is 11.5. The fraction of sp³-hybridized carbons (Fsp3) is 0.167. The Hall–Kier alpha value is -2.14. The number of anilines is 2. The van der Waals surface area contributed by atoms with Crippen molar-refractivity contribution >= 4 is 28.2 Å². The number of benzene rings is 1. The smallest absolute Gasteiger partial charge is 0.250 e. The summed E-state index contributed by atoms with van der Waals surface area (Å²) >= 11 is 0. The maximum Gasteiger partial charge on any atom is 0.250 e. The van der Waals surface area contributed by atoms with Crippen molar-refractivity contribution in [2.45, 2.75) is 0 Å². The lowest BCUT2D eigenvalue weighted by Gasteiger charge is -2.09. The predicted octanol–water partition coefficient (Wildman–Crippen LogP) is 1.40. The molecule has 0 aliphatic rings. The van der Waals surface area contributed by atoms with Crippen LogP contribution >= 0.6 is 0 Å². The maximum absolute atomic E-state index is 11.5. The number of carbonyl (C=O) groups is 1. The lowest BCUT2D eigenvalue weighted by Crippen LogP contribution is -2.17. The number of methoxy groups -OCH3 is 1. The van der Waals surface area contributed by atoms with Crippen LogP contribution in [0.25, 0.3) is 10.9 Å². The Kier molecular flexibility index (Phi) is 3.20. The number of hydrogen-bond donors (Lipinski definition) is 2. The van der Waals surface area contributed by atoms with Crippen molar-refractivity contribution in [2.75, 3.05) is 24.8 Å². The first-order chi connectivity index (χ1) is 8.22. The van der Waals surface area contributed by atoms with Gasteiger partial charge in [-0.3, -0.25) is 9.78 Å². The molecule has 1 amide bonds. The van der Waals surface area contributed by atoms with Crippen molar-refractivity contribution in [2.24, 2.45) is 0 Å². The standard InChI is InChI=1S/C12H13N3O2/c1-17-7-11(16)15-10-5-4-9(13)12-8(10)3-2-6-14-12/h2-6H,7,13H2,1H3,(H,15,16). The zero-order valence-electron chi connectivity index (χ0n) is 9.43. The van der Waals surface area contributed by atoms with Crippen molar-refractivity contribution in [1.82, 2.24) is 4.98 Å². The van der Waals surface area contributed by atoms with E-state index in [0.717, 1.165) is 5.39 Å². The second-order valence-electron chi connectivity index (χ2n) is 3.58. The first-order valence-corrected chi connectivity index (χ1v) is 5.14. The second-order valence-corrected chi connectivity index (χ2v) is 3.58. The van der Waals surface area contributed by atoms with E-state index >= 15 is 0 Å². The van der Waals surface area contributed by atoms with Crippen molar-refractivity contribution < 1.29 is 9.53 Å². The van der Waals surface area contributed by atoms with Crippen molar-refractivity contribution in [3.05, 3.63) is 30.5 Å². The van der Waals surface area contributed by atoms with Gasteiger partial charge in [-0.15, -0.1) is 0 Å². The number of hydrogen-bond acceptors (Lipinski definition) is 4. The predicted molar refractivity (Wildman–Crippen MR) is 66.7 cm³/mol. The van der Waals surface area contributed by atoms with Crippen LogP contribution in [0.15, 0.2) is 30.5 Å². The molecule has 2 rings (SSSR count). The van der Waals surface area contributed by atoms with E-state index in [2.05, 4.69) is 10.3 Å². The Morgan fingerprint density at radius 1 is 1.47 bits per heavy atom. The summed E-state index contributed by atoms with van der Waals surface area (Å²) < 4.78 is 4.76. The van der Waals surface area contributed by atoms with E-state index in [0.29, 0.717) is 16.9 Å².